The van der Waals surface area contributed by atoms with Gasteiger partial charge in [-0.3, -0.25) is 0 Å². The topological polar surface area (TPSA) is 41.1 Å². The number of nitrogens with one attached hydrogen (secondary N) is 2. The van der Waals surface area contributed by atoms with Crippen molar-refractivity contribution in [2.24, 2.45) is 0 Å². The van der Waals surface area contributed by atoms with Gasteiger partial charge in [-0.15, -0.1) is 6.58 Å². The Hall–Kier alpha value is -1.19. The first-order valence-electron chi connectivity index (χ1n) is 4.24. The zero-order valence-corrected chi connectivity index (χ0v) is 9.40. The maximum atomic E-state index is 11.2. The van der Waals surface area contributed by atoms with Crippen LogP contribution in [0.3, 0.4) is 0 Å². The standard InChI is InChI=1S/C10H10Cl2N2O/c1-2-5-13-10(15)14-7-3-4-8(11)9(12)6-7/h2-4,6H,1,5H2,(H2,13,14,15). The summed E-state index contributed by atoms with van der Waals surface area (Å²) in [5.74, 6) is 0. The average molecular weight is 245 g/mol. The number of rotatable bonds is 3. The van der Waals surface area contributed by atoms with Crippen LogP contribution in [0.1, 0.15) is 0 Å². The van der Waals surface area contributed by atoms with Gasteiger partial charge in [-0.1, -0.05) is 29.3 Å². The Bertz CT molecular complexity index is 380. The highest BCUT2D eigenvalue weighted by Crippen LogP contribution is 2.24. The summed E-state index contributed by atoms with van der Waals surface area (Å²) in [5.41, 5.74) is 0.589. The molecular formula is C10H10Cl2N2O. The lowest BCUT2D eigenvalue weighted by Crippen LogP contribution is -2.28. The molecule has 0 spiro atoms. The van der Waals surface area contributed by atoms with E-state index < -0.39 is 0 Å². The van der Waals surface area contributed by atoms with E-state index in [9.17, 15) is 4.79 Å². The summed E-state index contributed by atoms with van der Waals surface area (Å²) < 4.78 is 0. The molecule has 5 heteroatoms. The van der Waals surface area contributed by atoms with Crippen molar-refractivity contribution in [1.29, 1.82) is 0 Å². The van der Waals surface area contributed by atoms with Crippen LogP contribution in [-0.2, 0) is 0 Å². The molecule has 1 aromatic carbocycles. The summed E-state index contributed by atoms with van der Waals surface area (Å²) in [6, 6.07) is 4.56. The van der Waals surface area contributed by atoms with E-state index in [0.29, 0.717) is 22.3 Å². The normalized spacial score (nSPS) is 9.47. The van der Waals surface area contributed by atoms with E-state index in [4.69, 9.17) is 23.2 Å². The Labute approximate surface area is 98.1 Å². The lowest BCUT2D eigenvalue weighted by molar-refractivity contribution is 0.253. The molecule has 0 unspecified atom stereocenters. The van der Waals surface area contributed by atoms with Gasteiger partial charge in [0.1, 0.15) is 0 Å². The second-order valence-electron chi connectivity index (χ2n) is 2.75. The molecule has 1 aromatic rings. The molecule has 0 saturated heterocycles. The molecule has 15 heavy (non-hydrogen) atoms. The summed E-state index contributed by atoms with van der Waals surface area (Å²) in [6.07, 6.45) is 1.59. The van der Waals surface area contributed by atoms with Crippen LogP contribution in [0.25, 0.3) is 0 Å². The minimum Gasteiger partial charge on any atom is -0.334 e. The van der Waals surface area contributed by atoms with Gasteiger partial charge in [-0.25, -0.2) is 4.79 Å². The third-order valence-corrected chi connectivity index (χ3v) is 2.32. The highest BCUT2D eigenvalue weighted by Gasteiger charge is 2.02. The predicted octanol–water partition coefficient (Wildman–Crippen LogP) is 3.30. The van der Waals surface area contributed by atoms with E-state index in [-0.39, 0.29) is 6.03 Å². The highest BCUT2D eigenvalue weighted by atomic mass is 35.5. The third kappa shape index (κ3) is 3.81. The molecule has 0 fully saturated rings. The van der Waals surface area contributed by atoms with Crippen molar-refractivity contribution in [3.05, 3.63) is 40.9 Å². The van der Waals surface area contributed by atoms with Crippen LogP contribution >= 0.6 is 23.2 Å². The van der Waals surface area contributed by atoms with E-state index >= 15 is 0 Å². The SMILES string of the molecule is C=CCNC(=O)Nc1ccc(Cl)c(Cl)c1. The fourth-order valence-electron chi connectivity index (χ4n) is 0.914. The lowest BCUT2D eigenvalue weighted by atomic mass is 10.3. The maximum absolute atomic E-state index is 11.2. The van der Waals surface area contributed by atoms with E-state index in [1.54, 1.807) is 24.3 Å². The number of hydrogen-bond acceptors (Lipinski definition) is 1. The molecule has 0 aliphatic rings. The molecule has 0 heterocycles. The first kappa shape index (κ1) is 11.9. The minimum atomic E-state index is -0.312. The van der Waals surface area contributed by atoms with Gasteiger partial charge in [0.15, 0.2) is 0 Å². The molecule has 2 N–H and O–H groups in total. The minimum absolute atomic E-state index is 0.312. The number of hydrogen-bond donors (Lipinski definition) is 2. The number of amides is 2. The second kappa shape index (κ2) is 5.63. The van der Waals surface area contributed by atoms with E-state index in [0.717, 1.165) is 0 Å². The van der Waals surface area contributed by atoms with Crippen molar-refractivity contribution in [1.82, 2.24) is 5.32 Å². The van der Waals surface area contributed by atoms with Crippen LogP contribution in [0.2, 0.25) is 10.0 Å². The molecule has 3 nitrogen and oxygen atoms in total. The van der Waals surface area contributed by atoms with Crippen LogP contribution in [0.15, 0.2) is 30.9 Å². The molecule has 80 valence electrons. The van der Waals surface area contributed by atoms with Crippen molar-refractivity contribution in [2.75, 3.05) is 11.9 Å². The molecule has 0 aliphatic carbocycles. The Kier molecular flexibility index (Phi) is 4.46. The fourth-order valence-corrected chi connectivity index (χ4v) is 1.21. The Morgan fingerprint density at radius 1 is 1.40 bits per heavy atom. The third-order valence-electron chi connectivity index (χ3n) is 1.58. The molecule has 0 bridgehead atoms. The maximum Gasteiger partial charge on any atom is 0.319 e. The zero-order valence-electron chi connectivity index (χ0n) is 7.89. The van der Waals surface area contributed by atoms with Gasteiger partial charge in [-0.05, 0) is 18.2 Å². The van der Waals surface area contributed by atoms with Crippen LogP contribution < -0.4 is 10.6 Å². The number of anilines is 1. The van der Waals surface area contributed by atoms with Crippen molar-refractivity contribution < 1.29 is 4.79 Å². The molecule has 0 aromatic heterocycles. The quantitative estimate of drug-likeness (QED) is 0.788. The molecule has 0 radical (unpaired) electrons. The predicted molar refractivity (Wildman–Crippen MR) is 63.7 cm³/mol. The Morgan fingerprint density at radius 3 is 2.73 bits per heavy atom. The molecule has 0 atom stereocenters. The largest absolute Gasteiger partial charge is 0.334 e. The van der Waals surface area contributed by atoms with Crippen molar-refractivity contribution >= 4 is 34.9 Å². The van der Waals surface area contributed by atoms with Gasteiger partial charge in [0, 0.05) is 12.2 Å². The summed E-state index contributed by atoms with van der Waals surface area (Å²) in [5, 5.41) is 6.03. The lowest BCUT2D eigenvalue weighted by Gasteiger charge is -2.06. The zero-order chi connectivity index (χ0) is 11.3. The number of urea groups is 1. The van der Waals surface area contributed by atoms with Gasteiger partial charge in [0.05, 0.1) is 10.0 Å². The van der Waals surface area contributed by atoms with Crippen LogP contribution in [0, 0.1) is 0 Å². The summed E-state index contributed by atoms with van der Waals surface area (Å²) in [7, 11) is 0. The van der Waals surface area contributed by atoms with Gasteiger partial charge in [-0.2, -0.15) is 0 Å². The van der Waals surface area contributed by atoms with Gasteiger partial charge >= 0.3 is 6.03 Å². The summed E-state index contributed by atoms with van der Waals surface area (Å²) in [4.78, 5) is 11.2. The van der Waals surface area contributed by atoms with E-state index in [1.165, 1.54) is 0 Å². The molecule has 0 aliphatic heterocycles. The first-order chi connectivity index (χ1) is 7.13. The molecule has 2 amide bonds. The fraction of sp³-hybridized carbons (Fsp3) is 0.100. The number of halogens is 2. The van der Waals surface area contributed by atoms with Crippen LogP contribution in [0.4, 0.5) is 10.5 Å². The van der Waals surface area contributed by atoms with Crippen molar-refractivity contribution in [2.45, 2.75) is 0 Å². The summed E-state index contributed by atoms with van der Waals surface area (Å²) in [6.45, 7) is 3.89. The molecule has 1 rings (SSSR count). The van der Waals surface area contributed by atoms with Crippen molar-refractivity contribution in [3.63, 3.8) is 0 Å². The van der Waals surface area contributed by atoms with Gasteiger partial charge < -0.3 is 10.6 Å². The Balaban J connectivity index is 2.60. The van der Waals surface area contributed by atoms with Crippen LogP contribution in [0.5, 0.6) is 0 Å². The van der Waals surface area contributed by atoms with Crippen LogP contribution in [-0.4, -0.2) is 12.6 Å². The number of carbonyl (C=O) groups excluding carboxylic acids is 1. The average Bonchev–Trinajstić information content (AvgIpc) is 2.20. The smallest absolute Gasteiger partial charge is 0.319 e. The van der Waals surface area contributed by atoms with Crippen molar-refractivity contribution in [3.8, 4) is 0 Å². The van der Waals surface area contributed by atoms with E-state index in [1.807, 2.05) is 0 Å². The highest BCUT2D eigenvalue weighted by molar-refractivity contribution is 6.42. The number of benzene rings is 1. The van der Waals surface area contributed by atoms with E-state index in [2.05, 4.69) is 17.2 Å². The monoisotopic (exact) mass is 244 g/mol. The second-order valence-corrected chi connectivity index (χ2v) is 3.57. The summed E-state index contributed by atoms with van der Waals surface area (Å²) >= 11 is 11.5. The first-order valence-corrected chi connectivity index (χ1v) is 5.00. The molecule has 0 saturated carbocycles. The van der Waals surface area contributed by atoms with Gasteiger partial charge in [0.2, 0.25) is 0 Å². The van der Waals surface area contributed by atoms with Gasteiger partial charge in [0.25, 0.3) is 0 Å². The molecular weight excluding hydrogens is 235 g/mol. The Morgan fingerprint density at radius 2 is 2.13 bits per heavy atom. The number of carbonyl (C=O) groups is 1.